The van der Waals surface area contributed by atoms with Gasteiger partial charge in [-0.2, -0.15) is 0 Å². The highest BCUT2D eigenvalue weighted by atomic mass is 35.5. The van der Waals surface area contributed by atoms with Gasteiger partial charge in [0.15, 0.2) is 11.9 Å². The number of methoxy groups -OCH3 is 1. The number of halogens is 1. The van der Waals surface area contributed by atoms with Crippen LogP contribution in [0.5, 0.6) is 5.75 Å². The van der Waals surface area contributed by atoms with Crippen molar-refractivity contribution in [1.82, 2.24) is 10.0 Å². The molecular formula is C20H21ClN4O3. The third-order valence-corrected chi connectivity index (χ3v) is 4.69. The molecule has 0 aliphatic carbocycles. The molecule has 0 bridgehead atoms. The summed E-state index contributed by atoms with van der Waals surface area (Å²) in [5.41, 5.74) is 1.51. The van der Waals surface area contributed by atoms with Gasteiger partial charge in [0, 0.05) is 25.9 Å². The maximum atomic E-state index is 12.6. The van der Waals surface area contributed by atoms with E-state index in [2.05, 4.69) is 5.10 Å². The van der Waals surface area contributed by atoms with Crippen molar-refractivity contribution in [3.63, 3.8) is 0 Å². The van der Waals surface area contributed by atoms with Gasteiger partial charge < -0.3 is 4.74 Å². The van der Waals surface area contributed by atoms with Crippen LogP contribution < -0.4 is 9.75 Å². The van der Waals surface area contributed by atoms with Crippen LogP contribution in [-0.4, -0.2) is 41.7 Å². The van der Waals surface area contributed by atoms with E-state index in [0.717, 1.165) is 5.56 Å². The summed E-state index contributed by atoms with van der Waals surface area (Å²) in [6, 6.07) is 14.4. The molecule has 1 aliphatic rings. The summed E-state index contributed by atoms with van der Waals surface area (Å²) in [7, 11) is 3.24. The lowest BCUT2D eigenvalue weighted by Crippen LogP contribution is -2.58. The Morgan fingerprint density at radius 3 is 2.14 bits per heavy atom. The summed E-state index contributed by atoms with van der Waals surface area (Å²) in [6.07, 6.45) is -0.585. The largest absolute Gasteiger partial charge is 0.497 e. The zero-order chi connectivity index (χ0) is 20.4. The molecule has 8 heteroatoms. The first kappa shape index (κ1) is 19.7. The summed E-state index contributed by atoms with van der Waals surface area (Å²) in [6.45, 7) is 2.87. The van der Waals surface area contributed by atoms with E-state index >= 15 is 0 Å². The molecule has 0 radical (unpaired) electrons. The second-order valence-corrected chi connectivity index (χ2v) is 6.77. The van der Waals surface area contributed by atoms with Crippen LogP contribution >= 0.6 is 11.6 Å². The fourth-order valence-electron chi connectivity index (χ4n) is 3.12. The number of ketones is 1. The maximum absolute atomic E-state index is 12.6. The molecule has 7 nitrogen and oxygen atoms in total. The molecule has 0 aromatic heterocycles. The number of hydrogen-bond donors (Lipinski definition) is 0. The molecule has 1 heterocycles. The van der Waals surface area contributed by atoms with Crippen molar-refractivity contribution in [1.29, 1.82) is 0 Å². The lowest BCUT2D eigenvalue weighted by atomic mass is 10.1. The predicted molar refractivity (Wildman–Crippen MR) is 108 cm³/mol. The van der Waals surface area contributed by atoms with Crippen LogP contribution in [0.4, 0.5) is 5.69 Å². The van der Waals surface area contributed by atoms with Crippen LogP contribution in [0.25, 0.3) is 0 Å². The summed E-state index contributed by atoms with van der Waals surface area (Å²) in [4.78, 5) is 24.7. The fourth-order valence-corrected chi connectivity index (χ4v) is 3.25. The number of carbonyl (C=O) groups excluding carboxylic acids is 2. The molecular weight excluding hydrogens is 380 g/mol. The van der Waals surface area contributed by atoms with Gasteiger partial charge in [-0.05, 0) is 42.0 Å². The zero-order valence-electron chi connectivity index (χ0n) is 16.1. The summed E-state index contributed by atoms with van der Waals surface area (Å²) >= 11 is 6.02. The molecule has 0 saturated heterocycles. The molecule has 28 heavy (non-hydrogen) atoms. The number of carbonyl (C=O) groups is 2. The standard InChI is InChI=1S/C20H21ClN4O3/c1-13(26)19-22-24(17-9-7-16(21)8-10-17)20(25(14(2)27)23(19)3)15-5-11-18(28-4)12-6-15/h5-12,20H,1-4H3/t20-/m1/s1. The van der Waals surface area contributed by atoms with Crippen molar-refractivity contribution in [2.75, 3.05) is 19.2 Å². The van der Waals surface area contributed by atoms with Gasteiger partial charge in [0.2, 0.25) is 11.7 Å². The van der Waals surface area contributed by atoms with Crippen molar-refractivity contribution in [2.24, 2.45) is 5.10 Å². The number of benzene rings is 2. The van der Waals surface area contributed by atoms with E-state index < -0.39 is 6.17 Å². The molecule has 2 aromatic carbocycles. The molecule has 2 aromatic rings. The van der Waals surface area contributed by atoms with Crippen molar-refractivity contribution in [3.05, 3.63) is 59.1 Å². The number of Topliss-reactive ketones (excluding diaryl/α,β-unsaturated/α-hetero) is 1. The monoisotopic (exact) mass is 400 g/mol. The van der Waals surface area contributed by atoms with E-state index in [9.17, 15) is 9.59 Å². The molecule has 1 amide bonds. The van der Waals surface area contributed by atoms with E-state index in [4.69, 9.17) is 16.3 Å². The number of likely N-dealkylation sites (N-methyl/N-ethyl adjacent to an activating group) is 1. The van der Waals surface area contributed by atoms with Crippen molar-refractivity contribution < 1.29 is 14.3 Å². The van der Waals surface area contributed by atoms with Crippen molar-refractivity contribution in [3.8, 4) is 5.75 Å². The quantitative estimate of drug-likeness (QED) is 0.786. The number of nitrogens with zero attached hydrogens (tertiary/aromatic N) is 4. The lowest BCUT2D eigenvalue weighted by molar-refractivity contribution is -0.145. The third-order valence-electron chi connectivity index (χ3n) is 4.44. The number of ether oxygens (including phenoxy) is 1. The number of hydrazone groups is 1. The van der Waals surface area contributed by atoms with Crippen LogP contribution in [0, 0.1) is 0 Å². The average Bonchev–Trinajstić information content (AvgIpc) is 2.68. The average molecular weight is 401 g/mol. The summed E-state index contributed by atoms with van der Waals surface area (Å²) in [5.74, 6) is 0.389. The number of rotatable bonds is 4. The normalized spacial score (nSPS) is 16.7. The topological polar surface area (TPSA) is 65.5 Å². The fraction of sp³-hybridized carbons (Fsp3) is 0.250. The van der Waals surface area contributed by atoms with Crippen LogP contribution in [-0.2, 0) is 9.59 Å². The third kappa shape index (κ3) is 3.66. The van der Waals surface area contributed by atoms with E-state index in [1.165, 1.54) is 23.9 Å². The second kappa shape index (κ2) is 7.90. The van der Waals surface area contributed by atoms with Gasteiger partial charge in [0.25, 0.3) is 0 Å². The van der Waals surface area contributed by atoms with Crippen LogP contribution in [0.2, 0.25) is 5.02 Å². The van der Waals surface area contributed by atoms with Crippen LogP contribution in [0.15, 0.2) is 53.6 Å². The first-order valence-electron chi connectivity index (χ1n) is 8.65. The molecule has 0 spiro atoms. The highest BCUT2D eigenvalue weighted by Gasteiger charge is 2.39. The Labute approximate surface area is 168 Å². The zero-order valence-corrected chi connectivity index (χ0v) is 16.8. The Morgan fingerprint density at radius 1 is 1.04 bits per heavy atom. The molecule has 0 fully saturated rings. The van der Waals surface area contributed by atoms with Gasteiger partial charge in [0.05, 0.1) is 12.8 Å². The molecule has 1 atom stereocenters. The number of amides is 1. The van der Waals surface area contributed by atoms with Gasteiger partial charge in [-0.3, -0.25) is 14.6 Å². The first-order chi connectivity index (χ1) is 13.3. The van der Waals surface area contributed by atoms with Crippen molar-refractivity contribution in [2.45, 2.75) is 20.0 Å². The highest BCUT2D eigenvalue weighted by molar-refractivity contribution is 6.38. The Hall–Kier alpha value is -3.06. The van der Waals surface area contributed by atoms with E-state index in [1.807, 2.05) is 24.3 Å². The first-order valence-corrected chi connectivity index (χ1v) is 9.03. The van der Waals surface area contributed by atoms with Gasteiger partial charge in [0.1, 0.15) is 5.75 Å². The Morgan fingerprint density at radius 2 is 1.64 bits per heavy atom. The lowest BCUT2D eigenvalue weighted by Gasteiger charge is -2.46. The summed E-state index contributed by atoms with van der Waals surface area (Å²) in [5, 5.41) is 9.78. The minimum Gasteiger partial charge on any atom is -0.497 e. The number of hydrazine groups is 1. The molecule has 0 unspecified atom stereocenters. The van der Waals surface area contributed by atoms with Gasteiger partial charge >= 0.3 is 0 Å². The van der Waals surface area contributed by atoms with Crippen molar-refractivity contribution >= 4 is 34.8 Å². The van der Waals surface area contributed by atoms with Gasteiger partial charge in [-0.25, -0.2) is 10.0 Å². The molecule has 146 valence electrons. The van der Waals surface area contributed by atoms with Gasteiger partial charge in [-0.1, -0.05) is 23.7 Å². The Kier molecular flexibility index (Phi) is 5.56. The summed E-state index contributed by atoms with van der Waals surface area (Å²) < 4.78 is 5.23. The predicted octanol–water partition coefficient (Wildman–Crippen LogP) is 3.47. The minimum atomic E-state index is -0.585. The van der Waals surface area contributed by atoms with E-state index in [1.54, 1.807) is 43.4 Å². The van der Waals surface area contributed by atoms with Gasteiger partial charge in [-0.15, -0.1) is 5.10 Å². The molecule has 3 rings (SSSR count). The number of amidine groups is 1. The molecule has 0 N–H and O–H groups in total. The van der Waals surface area contributed by atoms with Crippen LogP contribution in [0.3, 0.4) is 0 Å². The SMILES string of the molecule is COc1ccc([C@@H]2N(c3ccc(Cl)cc3)N=C(C(C)=O)N(C)N2C(C)=O)cc1. The highest BCUT2D eigenvalue weighted by Crippen LogP contribution is 2.36. The Balaban J connectivity index is 2.19. The van der Waals surface area contributed by atoms with E-state index in [0.29, 0.717) is 16.5 Å². The smallest absolute Gasteiger partial charge is 0.240 e. The second-order valence-electron chi connectivity index (χ2n) is 6.33. The van der Waals surface area contributed by atoms with Crippen LogP contribution in [0.1, 0.15) is 25.6 Å². The molecule has 1 aliphatic heterocycles. The minimum absolute atomic E-state index is 0.162. The number of hydrogen-bond acceptors (Lipinski definition) is 6. The Bertz CT molecular complexity index is 912. The molecule has 0 saturated carbocycles. The maximum Gasteiger partial charge on any atom is 0.240 e. The van der Waals surface area contributed by atoms with E-state index in [-0.39, 0.29) is 17.5 Å². The number of anilines is 1.